The Morgan fingerprint density at radius 3 is 0.850 bits per heavy atom. The molecule has 4 aliphatic carbocycles. The molecule has 4 fully saturated rings. The average Bonchev–Trinajstić information content (AvgIpc) is 3.99. The van der Waals surface area contributed by atoms with Gasteiger partial charge < -0.3 is 67.1 Å². The summed E-state index contributed by atoms with van der Waals surface area (Å²) >= 11 is 0. The molecule has 12 atom stereocenters. The van der Waals surface area contributed by atoms with Crippen LogP contribution >= 0.6 is 0 Å². The van der Waals surface area contributed by atoms with Gasteiger partial charge in [-0.1, -0.05) is 48.5 Å². The zero-order chi connectivity index (χ0) is 46.5. The number of ketones is 1. The third-order valence-corrected chi connectivity index (χ3v) is 13.0. The number of nitrogens with zero attached hydrogens (tertiary/aromatic N) is 1. The van der Waals surface area contributed by atoms with Crippen LogP contribution in [0.1, 0.15) is 61.8 Å². The number of nitrogens with one attached hydrogen (secondary N) is 1. The second-order valence-corrected chi connectivity index (χ2v) is 17.1. The summed E-state index contributed by atoms with van der Waals surface area (Å²) < 4.78 is 69.5. The minimum atomic E-state index is -0.615. The van der Waals surface area contributed by atoms with Crippen molar-refractivity contribution in [1.29, 1.82) is 0 Å². The van der Waals surface area contributed by atoms with Crippen LogP contribution < -0.4 is 5.32 Å². The predicted molar refractivity (Wildman–Crippen MR) is 236 cm³/mol. The molecule has 360 valence electrons. The smallest absolute Gasteiger partial charge is 0.143 e. The molecule has 0 radical (unpaired) electrons. The Bertz CT molecular complexity index is 972. The fourth-order valence-electron chi connectivity index (χ4n) is 9.79. The highest BCUT2D eigenvalue weighted by atomic mass is 16.6. The maximum absolute atomic E-state index is 9.98. The second-order valence-electron chi connectivity index (χ2n) is 17.1. The second kappa shape index (κ2) is 30.3. The van der Waals surface area contributed by atoms with Crippen molar-refractivity contribution >= 4 is 5.78 Å². The van der Waals surface area contributed by atoms with Gasteiger partial charge in [0, 0.05) is 84.8 Å². The molecule has 0 bridgehead atoms. The highest BCUT2D eigenvalue weighted by Gasteiger charge is 2.76. The fraction of sp³-hybridized carbons (Fsp3) is 0.978. The van der Waals surface area contributed by atoms with Crippen molar-refractivity contribution in [3.05, 3.63) is 0 Å². The van der Waals surface area contributed by atoms with Crippen molar-refractivity contribution < 1.29 is 61.6 Å². The molecule has 15 nitrogen and oxygen atoms in total. The first-order valence-electron chi connectivity index (χ1n) is 21.6. The van der Waals surface area contributed by atoms with Crippen LogP contribution in [0.5, 0.6) is 0 Å². The monoisotopic (exact) mass is 869 g/mol. The summed E-state index contributed by atoms with van der Waals surface area (Å²) in [5.41, 5.74) is 0.833. The lowest BCUT2D eigenvalue weighted by Gasteiger charge is -2.52. The molecule has 15 heteroatoms. The fourth-order valence-corrected chi connectivity index (χ4v) is 9.79. The highest BCUT2D eigenvalue weighted by molar-refractivity contribution is 5.77. The van der Waals surface area contributed by atoms with E-state index in [-0.39, 0.29) is 5.78 Å². The topological polar surface area (TPSA) is 143 Å². The molecule has 0 aromatic rings. The lowest BCUT2D eigenvalue weighted by atomic mass is 9.81. The molecule has 4 saturated carbocycles. The number of Topliss-reactive ketones (excluding diaryl/α,β-unsaturated/α-hetero) is 1. The summed E-state index contributed by atoms with van der Waals surface area (Å²) in [4.78, 5) is 12.2. The van der Waals surface area contributed by atoms with Crippen molar-refractivity contribution in [2.24, 2.45) is 35.0 Å². The number of carbonyl (C=O) groups is 1. The van der Waals surface area contributed by atoms with Gasteiger partial charge in [-0.3, -0.25) is 4.79 Å². The van der Waals surface area contributed by atoms with E-state index in [9.17, 15) is 4.79 Å². The molecule has 4 rings (SSSR count). The van der Waals surface area contributed by atoms with Crippen LogP contribution in [0.4, 0.5) is 0 Å². The average molecular weight is 869 g/mol. The normalized spacial score (nSPS) is 37.7. The SMILES string of the molecule is CC1C(C)C12C(C)C2C.CCCN(C)C.CNCC(C)=O.COC1C(OC)C(OC)C(OC2C(OC)C(OC)C(OC)C(OC)C2OC)C(OC)C1OC.COCC(C)C. The van der Waals surface area contributed by atoms with Crippen LogP contribution in [-0.2, 0) is 61.6 Å². The third kappa shape index (κ3) is 15.4. The van der Waals surface area contributed by atoms with E-state index >= 15 is 0 Å². The Kier molecular flexibility index (Phi) is 29.8. The summed E-state index contributed by atoms with van der Waals surface area (Å²) in [5.74, 6) is 4.97. The van der Waals surface area contributed by atoms with E-state index in [4.69, 9.17) is 56.8 Å². The van der Waals surface area contributed by atoms with Gasteiger partial charge in [-0.05, 0) is 76.0 Å². The maximum atomic E-state index is 9.98. The summed E-state index contributed by atoms with van der Waals surface area (Å²) in [7, 11) is 23.6. The van der Waals surface area contributed by atoms with Crippen molar-refractivity contribution in [3.63, 3.8) is 0 Å². The molecule has 4 aliphatic rings. The van der Waals surface area contributed by atoms with E-state index in [1.165, 1.54) is 13.0 Å². The van der Waals surface area contributed by atoms with Crippen molar-refractivity contribution in [1.82, 2.24) is 10.2 Å². The van der Waals surface area contributed by atoms with Crippen molar-refractivity contribution in [3.8, 4) is 0 Å². The highest BCUT2D eigenvalue weighted by Crippen LogP contribution is 2.81. The standard InChI is InChI=1S/C22H42O11.C9H16.C5H13N.C5H12O.C4H9NO/c1-23-11-13(25-3)17(29-7)21(18(30-8)14(11)26-4)33-22-19(31-9)15(27-5)12(24-2)16(28-6)20(22)32-10;1-5-6(2)9(5)7(3)8(9)4;1-4-5-6(2)3;1-5(2)4-6-3;1-4(6)3-5-2/h11-22H,1-10H3;5-8H,1-4H3;4-5H2,1-3H3;5H,4H2,1-3H3;5H,3H2,1-2H3. The van der Waals surface area contributed by atoms with Gasteiger partial charge >= 0.3 is 0 Å². The van der Waals surface area contributed by atoms with Gasteiger partial charge in [0.2, 0.25) is 0 Å². The maximum Gasteiger partial charge on any atom is 0.143 e. The number of carbonyl (C=O) groups excluding carboxylic acids is 1. The van der Waals surface area contributed by atoms with Crippen LogP contribution in [0.3, 0.4) is 0 Å². The van der Waals surface area contributed by atoms with Gasteiger partial charge in [-0.2, -0.15) is 0 Å². The molecule has 0 aromatic heterocycles. The van der Waals surface area contributed by atoms with E-state index in [1.54, 1.807) is 92.2 Å². The van der Waals surface area contributed by atoms with Crippen LogP contribution in [0.2, 0.25) is 0 Å². The summed E-state index contributed by atoms with van der Waals surface area (Å²) in [6.45, 7) is 20.2. The number of ether oxygens (including phenoxy) is 12. The van der Waals surface area contributed by atoms with E-state index in [2.05, 4.69) is 72.8 Å². The number of hydrogen-bond donors (Lipinski definition) is 1. The van der Waals surface area contributed by atoms with E-state index in [0.29, 0.717) is 12.5 Å². The van der Waals surface area contributed by atoms with E-state index in [0.717, 1.165) is 35.7 Å². The first-order valence-corrected chi connectivity index (χ1v) is 21.6. The largest absolute Gasteiger partial charge is 0.384 e. The van der Waals surface area contributed by atoms with Crippen LogP contribution in [0.15, 0.2) is 0 Å². The van der Waals surface area contributed by atoms with Gasteiger partial charge in [0.15, 0.2) is 0 Å². The minimum absolute atomic E-state index is 0.178. The van der Waals surface area contributed by atoms with Crippen molar-refractivity contribution in [2.45, 2.75) is 135 Å². The minimum Gasteiger partial charge on any atom is -0.384 e. The Morgan fingerprint density at radius 1 is 0.533 bits per heavy atom. The lowest BCUT2D eigenvalue weighted by Crippen LogP contribution is -2.71. The van der Waals surface area contributed by atoms with Crippen molar-refractivity contribution in [2.75, 3.05) is 119 Å². The van der Waals surface area contributed by atoms with Crippen LogP contribution in [0, 0.1) is 35.0 Å². The van der Waals surface area contributed by atoms with Gasteiger partial charge in [0.25, 0.3) is 0 Å². The molecule has 0 amide bonds. The summed E-state index contributed by atoms with van der Waals surface area (Å²) in [6, 6.07) is 0. The van der Waals surface area contributed by atoms with Gasteiger partial charge in [0.05, 0.1) is 6.54 Å². The zero-order valence-corrected chi connectivity index (χ0v) is 41.9. The molecule has 1 spiro atoms. The van der Waals surface area contributed by atoms with E-state index in [1.807, 2.05) is 0 Å². The number of methoxy groups -OCH3 is 11. The third-order valence-electron chi connectivity index (χ3n) is 13.0. The first kappa shape index (κ1) is 59.1. The molecule has 0 aromatic carbocycles. The first-order chi connectivity index (χ1) is 28.4. The molecule has 1 N–H and O–H groups in total. The molecule has 0 heterocycles. The molecule has 0 aliphatic heterocycles. The predicted octanol–water partition coefficient (Wildman–Crippen LogP) is 4.50. The molecular weight excluding hydrogens is 776 g/mol. The summed E-state index contributed by atoms with van der Waals surface area (Å²) in [5, 5.41) is 2.72. The Hall–Kier alpha value is -0.890. The summed E-state index contributed by atoms with van der Waals surface area (Å²) in [6.07, 6.45) is -4.89. The zero-order valence-electron chi connectivity index (χ0n) is 41.9. The van der Waals surface area contributed by atoms with Gasteiger partial charge in [0.1, 0.15) is 79.0 Å². The lowest BCUT2D eigenvalue weighted by molar-refractivity contribution is -0.310. The van der Waals surface area contributed by atoms with Crippen LogP contribution in [-0.4, -0.2) is 203 Å². The Balaban J connectivity index is 0.00000102. The number of likely N-dealkylation sites (N-methyl/N-ethyl adjacent to an activating group) is 1. The quantitative estimate of drug-likeness (QED) is 0.207. The number of hydrogen-bond acceptors (Lipinski definition) is 15. The molecule has 12 unspecified atom stereocenters. The van der Waals surface area contributed by atoms with Crippen LogP contribution in [0.25, 0.3) is 0 Å². The van der Waals surface area contributed by atoms with Gasteiger partial charge in [-0.25, -0.2) is 0 Å². The van der Waals surface area contributed by atoms with E-state index < -0.39 is 73.2 Å². The Morgan fingerprint density at radius 2 is 0.783 bits per heavy atom. The molecule has 0 saturated heterocycles. The number of rotatable bonds is 18. The Labute approximate surface area is 366 Å². The molecule has 60 heavy (non-hydrogen) atoms. The molecular formula is C45H92N2O13. The van der Waals surface area contributed by atoms with Gasteiger partial charge in [-0.15, -0.1) is 0 Å².